The van der Waals surface area contributed by atoms with Crippen LogP contribution in [0.25, 0.3) is 10.1 Å². The van der Waals surface area contributed by atoms with Crippen LogP contribution in [0.1, 0.15) is 16.7 Å². The maximum Gasteiger partial charge on any atom is 0.266 e. The molecule has 0 spiro atoms. The first-order valence-electron chi connectivity index (χ1n) is 9.57. The number of para-hydroxylation sites is 1. The van der Waals surface area contributed by atoms with Crippen LogP contribution in [-0.2, 0) is 11.3 Å². The second-order valence-corrected chi connectivity index (χ2v) is 8.01. The Bertz CT molecular complexity index is 1300. The molecule has 0 fully saturated rings. The maximum atomic E-state index is 14.6. The minimum Gasteiger partial charge on any atom is -0.304 e. The average molecular weight is 415 g/mol. The highest BCUT2D eigenvalue weighted by Gasteiger charge is 2.31. The number of fused-ring (bicyclic) bond motifs is 2. The van der Waals surface area contributed by atoms with Gasteiger partial charge in [0.2, 0.25) is 0 Å². The molecule has 1 aromatic heterocycles. The third kappa shape index (κ3) is 3.10. The highest BCUT2D eigenvalue weighted by atomic mass is 32.1. The fraction of sp³-hybridized carbons (Fsp3) is 0.0833. The largest absolute Gasteiger partial charge is 0.304 e. The fourth-order valence-electron chi connectivity index (χ4n) is 3.81. The number of benzene rings is 3. The van der Waals surface area contributed by atoms with Gasteiger partial charge in [-0.05, 0) is 40.6 Å². The predicted octanol–water partition coefficient (Wildman–Crippen LogP) is 4.71. The molecule has 2 N–H and O–H groups in total. The van der Waals surface area contributed by atoms with Gasteiger partial charge in [0.05, 0.1) is 17.9 Å². The van der Waals surface area contributed by atoms with Gasteiger partial charge in [0.25, 0.3) is 5.91 Å². The molecule has 1 aliphatic heterocycles. The molecule has 1 aliphatic rings. The van der Waals surface area contributed by atoms with Gasteiger partial charge < -0.3 is 10.6 Å². The van der Waals surface area contributed by atoms with E-state index in [-0.39, 0.29) is 5.91 Å². The second-order valence-electron chi connectivity index (χ2n) is 7.10. The Labute approximate surface area is 177 Å². The zero-order valence-electron chi connectivity index (χ0n) is 16.0. The van der Waals surface area contributed by atoms with E-state index in [1.807, 2.05) is 36.4 Å². The number of halogens is 1. The SMILES string of the molecule is NC1N=C(c2ccccc2F)c2ccccc2N(Cc2csc3ccccc23)C1=O. The third-order valence-corrected chi connectivity index (χ3v) is 6.27. The van der Waals surface area contributed by atoms with Gasteiger partial charge >= 0.3 is 0 Å². The summed E-state index contributed by atoms with van der Waals surface area (Å²) in [6.45, 7) is 0.369. The van der Waals surface area contributed by atoms with E-state index in [0.29, 0.717) is 29.1 Å². The molecule has 1 unspecified atom stereocenters. The predicted molar refractivity (Wildman–Crippen MR) is 119 cm³/mol. The molecule has 6 heteroatoms. The lowest BCUT2D eigenvalue weighted by molar-refractivity contribution is -0.119. The minimum absolute atomic E-state index is 0.316. The molecule has 5 rings (SSSR count). The van der Waals surface area contributed by atoms with Gasteiger partial charge in [0, 0.05) is 15.8 Å². The highest BCUT2D eigenvalue weighted by molar-refractivity contribution is 7.17. The quantitative estimate of drug-likeness (QED) is 0.527. The lowest BCUT2D eigenvalue weighted by Gasteiger charge is -2.24. The average Bonchev–Trinajstić information content (AvgIpc) is 3.14. The van der Waals surface area contributed by atoms with Crippen molar-refractivity contribution >= 4 is 38.7 Å². The van der Waals surface area contributed by atoms with Crippen molar-refractivity contribution in [3.05, 3.63) is 101 Å². The van der Waals surface area contributed by atoms with Crippen molar-refractivity contribution in [3.8, 4) is 0 Å². The summed E-state index contributed by atoms with van der Waals surface area (Å²) in [6, 6.07) is 21.9. The van der Waals surface area contributed by atoms with Gasteiger partial charge in [0.15, 0.2) is 6.17 Å². The molecule has 1 amide bonds. The normalized spacial score (nSPS) is 16.3. The molecule has 3 aromatic carbocycles. The second kappa shape index (κ2) is 7.48. The van der Waals surface area contributed by atoms with Gasteiger partial charge in [0.1, 0.15) is 5.82 Å². The van der Waals surface area contributed by atoms with Crippen LogP contribution >= 0.6 is 11.3 Å². The van der Waals surface area contributed by atoms with Crippen molar-refractivity contribution in [1.29, 1.82) is 0 Å². The lowest BCUT2D eigenvalue weighted by Crippen LogP contribution is -2.41. The fourth-order valence-corrected chi connectivity index (χ4v) is 4.76. The molecular formula is C24H18FN3OS. The van der Waals surface area contributed by atoms with Crippen LogP contribution in [0, 0.1) is 5.82 Å². The molecule has 4 nitrogen and oxygen atoms in total. The van der Waals surface area contributed by atoms with E-state index in [9.17, 15) is 9.18 Å². The molecule has 30 heavy (non-hydrogen) atoms. The first-order chi connectivity index (χ1) is 14.6. The molecule has 148 valence electrons. The van der Waals surface area contributed by atoms with Crippen molar-refractivity contribution in [2.75, 3.05) is 4.90 Å². The summed E-state index contributed by atoms with van der Waals surface area (Å²) < 4.78 is 15.7. The van der Waals surface area contributed by atoms with E-state index < -0.39 is 12.0 Å². The van der Waals surface area contributed by atoms with E-state index in [1.165, 1.54) is 6.07 Å². The smallest absolute Gasteiger partial charge is 0.266 e. The number of rotatable bonds is 3. The number of carbonyl (C=O) groups is 1. The van der Waals surface area contributed by atoms with Gasteiger partial charge in [-0.2, -0.15) is 0 Å². The van der Waals surface area contributed by atoms with Crippen LogP contribution in [0.2, 0.25) is 0 Å². The van der Waals surface area contributed by atoms with Gasteiger partial charge in [-0.3, -0.25) is 9.79 Å². The zero-order chi connectivity index (χ0) is 20.7. The Balaban J connectivity index is 1.65. The van der Waals surface area contributed by atoms with Crippen LogP contribution in [0.15, 0.2) is 83.2 Å². The molecule has 1 atom stereocenters. The van der Waals surface area contributed by atoms with Crippen molar-refractivity contribution in [2.24, 2.45) is 10.7 Å². The highest BCUT2D eigenvalue weighted by Crippen LogP contribution is 2.32. The van der Waals surface area contributed by atoms with Crippen LogP contribution in [-0.4, -0.2) is 17.8 Å². The lowest BCUT2D eigenvalue weighted by atomic mass is 9.99. The van der Waals surface area contributed by atoms with E-state index in [4.69, 9.17) is 5.73 Å². The van der Waals surface area contributed by atoms with Crippen LogP contribution in [0.4, 0.5) is 10.1 Å². The summed E-state index contributed by atoms with van der Waals surface area (Å²) in [7, 11) is 0. The summed E-state index contributed by atoms with van der Waals surface area (Å²) >= 11 is 1.64. The van der Waals surface area contributed by atoms with Crippen molar-refractivity contribution < 1.29 is 9.18 Å². The van der Waals surface area contributed by atoms with E-state index in [0.717, 1.165) is 15.6 Å². The Morgan fingerprint density at radius 2 is 1.67 bits per heavy atom. The monoisotopic (exact) mass is 415 g/mol. The number of thiophene rings is 1. The van der Waals surface area contributed by atoms with Crippen LogP contribution in [0.5, 0.6) is 0 Å². The molecule has 0 radical (unpaired) electrons. The summed E-state index contributed by atoms with van der Waals surface area (Å²) in [5, 5.41) is 3.18. The maximum absolute atomic E-state index is 14.6. The molecule has 0 aliphatic carbocycles. The first kappa shape index (κ1) is 18.7. The third-order valence-electron chi connectivity index (χ3n) is 5.26. The molecular weight excluding hydrogens is 397 g/mol. The summed E-state index contributed by atoms with van der Waals surface area (Å²) in [6.07, 6.45) is -1.11. The van der Waals surface area contributed by atoms with Gasteiger partial charge in [-0.1, -0.05) is 48.5 Å². The molecule has 2 heterocycles. The van der Waals surface area contributed by atoms with Crippen molar-refractivity contribution in [2.45, 2.75) is 12.7 Å². The molecule has 0 saturated carbocycles. The number of benzodiazepines with no additional fused rings is 1. The first-order valence-corrected chi connectivity index (χ1v) is 10.5. The number of amides is 1. The summed E-state index contributed by atoms with van der Waals surface area (Å²) in [5.74, 6) is -0.716. The van der Waals surface area contributed by atoms with Crippen molar-refractivity contribution in [3.63, 3.8) is 0 Å². The standard InChI is InChI=1S/C24H18FN3OS/c25-19-10-4-1-8-17(19)22-18-9-2-5-11-20(18)28(24(29)23(26)27-22)13-15-14-30-21-12-6-3-7-16(15)21/h1-12,14,23H,13,26H2. The number of nitrogens with zero attached hydrogens (tertiary/aromatic N) is 2. The van der Waals surface area contributed by atoms with Crippen molar-refractivity contribution in [1.82, 2.24) is 0 Å². The zero-order valence-corrected chi connectivity index (χ0v) is 16.8. The summed E-state index contributed by atoms with van der Waals surface area (Å²) in [5.41, 5.74) is 9.29. The Kier molecular flexibility index (Phi) is 4.65. The van der Waals surface area contributed by atoms with Gasteiger partial charge in [-0.25, -0.2) is 4.39 Å². The molecule has 0 saturated heterocycles. The topological polar surface area (TPSA) is 58.7 Å². The van der Waals surface area contributed by atoms with E-state index in [2.05, 4.69) is 22.5 Å². The number of aliphatic imine (C=N–C) groups is 1. The molecule has 4 aromatic rings. The number of anilines is 1. The number of carbonyl (C=O) groups excluding carboxylic acids is 1. The van der Waals surface area contributed by atoms with E-state index in [1.54, 1.807) is 34.4 Å². The molecule has 0 bridgehead atoms. The van der Waals surface area contributed by atoms with E-state index >= 15 is 0 Å². The van der Waals surface area contributed by atoms with Crippen LogP contribution in [0.3, 0.4) is 0 Å². The van der Waals surface area contributed by atoms with Gasteiger partial charge in [-0.15, -0.1) is 11.3 Å². The van der Waals surface area contributed by atoms with Crippen LogP contribution < -0.4 is 10.6 Å². The Hall–Kier alpha value is -3.35. The number of hydrogen-bond acceptors (Lipinski definition) is 4. The minimum atomic E-state index is -1.11. The number of hydrogen-bond donors (Lipinski definition) is 1. The Morgan fingerprint density at radius 1 is 0.967 bits per heavy atom. The summed E-state index contributed by atoms with van der Waals surface area (Å²) in [4.78, 5) is 19.3. The Morgan fingerprint density at radius 3 is 2.50 bits per heavy atom. The number of nitrogens with two attached hydrogens (primary N) is 1.